The predicted molar refractivity (Wildman–Crippen MR) is 125 cm³/mol. The number of hydrogen-bond acceptors (Lipinski definition) is 4. The van der Waals surface area contributed by atoms with Crippen LogP contribution in [0.1, 0.15) is 64.4 Å². The fraction of sp³-hybridized carbons (Fsp3) is 0.640. The van der Waals surface area contributed by atoms with Gasteiger partial charge in [0.25, 0.3) is 0 Å². The summed E-state index contributed by atoms with van der Waals surface area (Å²) in [6.45, 7) is 11.1. The summed E-state index contributed by atoms with van der Waals surface area (Å²) in [5.74, 6) is 1.43. The Balaban J connectivity index is 1.15. The van der Waals surface area contributed by atoms with E-state index in [1.165, 1.54) is 55.4 Å². The molecule has 4 rings (SSSR count). The van der Waals surface area contributed by atoms with Gasteiger partial charge in [-0.2, -0.15) is 0 Å². The van der Waals surface area contributed by atoms with E-state index in [1.54, 1.807) is 0 Å². The Labute approximate surface area is 186 Å². The topological polar surface area (TPSA) is 60.6 Å². The van der Waals surface area contributed by atoms with Gasteiger partial charge in [0.15, 0.2) is 0 Å². The molecule has 6 nitrogen and oxygen atoms in total. The molecule has 2 aliphatic rings. The largest absolute Gasteiger partial charge is 0.443 e. The summed E-state index contributed by atoms with van der Waals surface area (Å²) in [6.07, 6.45) is 7.93. The zero-order valence-electron chi connectivity index (χ0n) is 19.3. The number of piperidine rings is 2. The van der Waals surface area contributed by atoms with Gasteiger partial charge in [-0.15, -0.1) is 0 Å². The molecule has 2 saturated heterocycles. The van der Waals surface area contributed by atoms with Crippen LogP contribution < -0.4 is 5.43 Å². The molecule has 31 heavy (non-hydrogen) atoms. The molecule has 0 saturated carbocycles. The van der Waals surface area contributed by atoms with Crippen molar-refractivity contribution in [2.45, 2.75) is 64.4 Å². The molecule has 2 aromatic rings. The molecular weight excluding hydrogens is 388 g/mol. The van der Waals surface area contributed by atoms with Crippen LogP contribution in [-0.4, -0.2) is 59.3 Å². The number of ether oxygens (including phenoxy) is 1. The zero-order chi connectivity index (χ0) is 21.8. The van der Waals surface area contributed by atoms with Gasteiger partial charge in [-0.3, -0.25) is 5.43 Å². The molecule has 0 unspecified atom stereocenters. The highest BCUT2D eigenvalue weighted by Gasteiger charge is 2.25. The second kappa shape index (κ2) is 9.61. The fourth-order valence-corrected chi connectivity index (χ4v) is 5.03. The molecule has 0 spiro atoms. The van der Waals surface area contributed by atoms with Crippen LogP contribution in [0.25, 0.3) is 10.9 Å². The first-order valence-corrected chi connectivity index (χ1v) is 11.9. The lowest BCUT2D eigenvalue weighted by molar-refractivity contribution is 0.0256. The van der Waals surface area contributed by atoms with Crippen molar-refractivity contribution in [2.24, 2.45) is 5.92 Å². The van der Waals surface area contributed by atoms with Gasteiger partial charge < -0.3 is 14.6 Å². The molecular formula is C25H38N4O2. The van der Waals surface area contributed by atoms with Crippen molar-refractivity contribution in [3.8, 4) is 0 Å². The molecule has 3 heterocycles. The lowest BCUT2D eigenvalue weighted by Crippen LogP contribution is -2.48. The minimum absolute atomic E-state index is 0.343. The number of hydrogen-bond donors (Lipinski definition) is 2. The number of aromatic nitrogens is 1. The molecule has 2 aliphatic heterocycles. The van der Waals surface area contributed by atoms with E-state index >= 15 is 0 Å². The Kier molecular flexibility index (Phi) is 6.87. The van der Waals surface area contributed by atoms with Crippen molar-refractivity contribution in [2.75, 3.05) is 32.7 Å². The van der Waals surface area contributed by atoms with E-state index < -0.39 is 5.60 Å². The molecule has 0 atom stereocenters. The summed E-state index contributed by atoms with van der Waals surface area (Å²) >= 11 is 0. The molecule has 1 aromatic heterocycles. The Bertz CT molecular complexity index is 856. The summed E-state index contributed by atoms with van der Waals surface area (Å²) in [4.78, 5) is 18.0. The highest BCUT2D eigenvalue weighted by molar-refractivity contribution is 5.83. The first kappa shape index (κ1) is 22.2. The van der Waals surface area contributed by atoms with E-state index in [0.717, 1.165) is 31.8 Å². The summed E-state index contributed by atoms with van der Waals surface area (Å²) < 4.78 is 5.35. The van der Waals surface area contributed by atoms with Gasteiger partial charge in [0.05, 0.1) is 0 Å². The number of carbonyl (C=O) groups excluding carboxylic acids is 1. The van der Waals surface area contributed by atoms with Gasteiger partial charge >= 0.3 is 6.09 Å². The quantitative estimate of drug-likeness (QED) is 0.715. The van der Waals surface area contributed by atoms with E-state index in [9.17, 15) is 4.79 Å². The number of benzene rings is 1. The van der Waals surface area contributed by atoms with E-state index in [2.05, 4.69) is 45.8 Å². The number of para-hydroxylation sites is 1. The highest BCUT2D eigenvalue weighted by Crippen LogP contribution is 2.33. The standard InChI is InChI=1S/C25H38N4O2/c1-25(2,3)31-24(30)27-29-16-9-19(10-17-29)8-13-28-14-11-20(12-15-28)22-18-26-23-7-5-4-6-21(22)23/h4-7,18-20,26H,8-17H2,1-3H3,(H,27,30). The minimum Gasteiger partial charge on any atom is -0.443 e. The van der Waals surface area contributed by atoms with Crippen molar-refractivity contribution in [1.29, 1.82) is 0 Å². The summed E-state index contributed by atoms with van der Waals surface area (Å²) in [5, 5.41) is 3.41. The van der Waals surface area contributed by atoms with Gasteiger partial charge in [0.1, 0.15) is 5.60 Å². The number of nitrogens with one attached hydrogen (secondary N) is 2. The number of rotatable bonds is 5. The lowest BCUT2D eigenvalue weighted by atomic mass is 9.88. The van der Waals surface area contributed by atoms with Gasteiger partial charge in [-0.25, -0.2) is 9.80 Å². The third-order valence-electron chi connectivity index (χ3n) is 6.77. The molecule has 0 aliphatic carbocycles. The Morgan fingerprint density at radius 3 is 2.52 bits per heavy atom. The zero-order valence-corrected chi connectivity index (χ0v) is 19.3. The highest BCUT2D eigenvalue weighted by atomic mass is 16.6. The number of likely N-dealkylation sites (tertiary alicyclic amines) is 1. The number of nitrogens with zero attached hydrogens (tertiary/aromatic N) is 2. The SMILES string of the molecule is CC(C)(C)OC(=O)NN1CCC(CCN2CCC(c3c[nH]c4ccccc34)CC2)CC1. The summed E-state index contributed by atoms with van der Waals surface area (Å²) in [7, 11) is 0. The molecule has 1 aromatic carbocycles. The van der Waals surface area contributed by atoms with Crippen LogP contribution in [-0.2, 0) is 4.74 Å². The van der Waals surface area contributed by atoms with Crippen molar-refractivity contribution in [3.05, 3.63) is 36.0 Å². The van der Waals surface area contributed by atoms with Crippen LogP contribution in [0.2, 0.25) is 0 Å². The fourth-order valence-electron chi connectivity index (χ4n) is 5.03. The summed E-state index contributed by atoms with van der Waals surface area (Å²) in [5.41, 5.74) is 5.19. The van der Waals surface area contributed by atoms with E-state index in [-0.39, 0.29) is 6.09 Å². The molecule has 6 heteroatoms. The smallest absolute Gasteiger partial charge is 0.422 e. The number of aromatic amines is 1. The maximum atomic E-state index is 11.9. The number of carbonyl (C=O) groups is 1. The first-order valence-electron chi connectivity index (χ1n) is 11.9. The van der Waals surface area contributed by atoms with Gasteiger partial charge in [0, 0.05) is 30.2 Å². The van der Waals surface area contributed by atoms with Gasteiger partial charge in [-0.1, -0.05) is 18.2 Å². The number of hydrazine groups is 1. The molecule has 2 N–H and O–H groups in total. The number of amides is 1. The normalized spacial score (nSPS) is 20.2. The maximum absolute atomic E-state index is 11.9. The predicted octanol–water partition coefficient (Wildman–Crippen LogP) is 4.89. The van der Waals surface area contributed by atoms with Gasteiger partial charge in [-0.05, 0) is 96.0 Å². The van der Waals surface area contributed by atoms with Crippen LogP contribution in [0.3, 0.4) is 0 Å². The molecule has 2 fully saturated rings. The maximum Gasteiger partial charge on any atom is 0.422 e. The van der Waals surface area contributed by atoms with Crippen LogP contribution in [0.5, 0.6) is 0 Å². The molecule has 0 bridgehead atoms. The number of H-pyrrole nitrogens is 1. The third kappa shape index (κ3) is 6.01. The average molecular weight is 427 g/mol. The Morgan fingerprint density at radius 2 is 1.81 bits per heavy atom. The van der Waals surface area contributed by atoms with Crippen LogP contribution >= 0.6 is 0 Å². The van der Waals surface area contributed by atoms with Crippen molar-refractivity contribution in [3.63, 3.8) is 0 Å². The van der Waals surface area contributed by atoms with E-state index in [0.29, 0.717) is 5.92 Å². The lowest BCUT2D eigenvalue weighted by Gasteiger charge is -2.35. The summed E-state index contributed by atoms with van der Waals surface area (Å²) in [6, 6.07) is 8.66. The van der Waals surface area contributed by atoms with E-state index in [1.807, 2.05) is 25.8 Å². The van der Waals surface area contributed by atoms with Crippen LogP contribution in [0, 0.1) is 5.92 Å². The Hall–Kier alpha value is -2.05. The van der Waals surface area contributed by atoms with E-state index in [4.69, 9.17) is 4.74 Å². The van der Waals surface area contributed by atoms with Crippen molar-refractivity contribution < 1.29 is 9.53 Å². The van der Waals surface area contributed by atoms with Gasteiger partial charge in [0.2, 0.25) is 0 Å². The molecule has 1 amide bonds. The molecule has 170 valence electrons. The van der Waals surface area contributed by atoms with Crippen LogP contribution in [0.4, 0.5) is 4.79 Å². The Morgan fingerprint density at radius 1 is 1.10 bits per heavy atom. The van der Waals surface area contributed by atoms with Crippen molar-refractivity contribution >= 4 is 17.0 Å². The van der Waals surface area contributed by atoms with Crippen molar-refractivity contribution in [1.82, 2.24) is 20.3 Å². The second-order valence-electron chi connectivity index (χ2n) is 10.2. The first-order chi connectivity index (χ1) is 14.9. The minimum atomic E-state index is -0.454. The number of fused-ring (bicyclic) bond motifs is 1. The average Bonchev–Trinajstić information content (AvgIpc) is 3.16. The molecule has 0 radical (unpaired) electrons. The second-order valence-corrected chi connectivity index (χ2v) is 10.2. The van der Waals surface area contributed by atoms with Crippen LogP contribution in [0.15, 0.2) is 30.5 Å². The third-order valence-corrected chi connectivity index (χ3v) is 6.77. The monoisotopic (exact) mass is 426 g/mol.